The molecule has 0 bridgehead atoms. The lowest BCUT2D eigenvalue weighted by Gasteiger charge is -2.20. The molecule has 0 aromatic carbocycles. The van der Waals surface area contributed by atoms with Crippen LogP contribution < -0.4 is 5.32 Å². The molecule has 0 spiro atoms. The van der Waals surface area contributed by atoms with E-state index in [0.29, 0.717) is 6.54 Å². The molecule has 1 aromatic heterocycles. The molecule has 1 heterocycles. The van der Waals surface area contributed by atoms with Gasteiger partial charge in [-0.1, -0.05) is 0 Å². The van der Waals surface area contributed by atoms with Crippen molar-refractivity contribution in [2.45, 2.75) is 26.4 Å². The molecule has 0 aliphatic heterocycles. The highest BCUT2D eigenvalue weighted by molar-refractivity contribution is 5.81. The van der Waals surface area contributed by atoms with Crippen molar-refractivity contribution < 1.29 is 9.21 Å². The summed E-state index contributed by atoms with van der Waals surface area (Å²) < 4.78 is 4.94. The van der Waals surface area contributed by atoms with E-state index >= 15 is 0 Å². The Kier molecular flexibility index (Phi) is 4.37. The van der Waals surface area contributed by atoms with Crippen LogP contribution in [0, 0.1) is 0 Å². The second-order valence-electron chi connectivity index (χ2n) is 3.59. The van der Waals surface area contributed by atoms with E-state index in [9.17, 15) is 4.79 Å². The fourth-order valence-electron chi connectivity index (χ4n) is 1.24. The molecule has 0 aliphatic rings. The first-order valence-corrected chi connectivity index (χ1v) is 5.14. The summed E-state index contributed by atoms with van der Waals surface area (Å²) in [6.07, 6.45) is 3.30. The van der Waals surface area contributed by atoms with Crippen molar-refractivity contribution in [1.29, 1.82) is 0 Å². The zero-order valence-corrected chi connectivity index (χ0v) is 9.49. The van der Waals surface area contributed by atoms with Crippen molar-refractivity contribution >= 4 is 5.91 Å². The summed E-state index contributed by atoms with van der Waals surface area (Å²) in [7, 11) is 1.80. The molecule has 0 radical (unpaired) electrons. The second-order valence-corrected chi connectivity index (χ2v) is 3.59. The SMILES string of the molecule is CCN(C)C(=O)C(C)NCc1ccoc1. The first-order valence-electron chi connectivity index (χ1n) is 5.14. The van der Waals surface area contributed by atoms with Gasteiger partial charge >= 0.3 is 0 Å². The molecule has 0 saturated carbocycles. The molecular formula is C11H18N2O2. The average Bonchev–Trinajstić information content (AvgIpc) is 2.76. The third-order valence-electron chi connectivity index (χ3n) is 2.41. The van der Waals surface area contributed by atoms with E-state index in [1.807, 2.05) is 19.9 Å². The van der Waals surface area contributed by atoms with E-state index < -0.39 is 0 Å². The van der Waals surface area contributed by atoms with Crippen LogP contribution >= 0.6 is 0 Å². The highest BCUT2D eigenvalue weighted by Crippen LogP contribution is 2.00. The third-order valence-corrected chi connectivity index (χ3v) is 2.41. The van der Waals surface area contributed by atoms with E-state index in [1.54, 1.807) is 24.5 Å². The van der Waals surface area contributed by atoms with Gasteiger partial charge in [0.15, 0.2) is 0 Å². The summed E-state index contributed by atoms with van der Waals surface area (Å²) in [5.74, 6) is 0.112. The molecule has 1 rings (SSSR count). The summed E-state index contributed by atoms with van der Waals surface area (Å²) >= 11 is 0. The molecule has 1 unspecified atom stereocenters. The van der Waals surface area contributed by atoms with Gasteiger partial charge in [0, 0.05) is 25.7 Å². The largest absolute Gasteiger partial charge is 0.472 e. The van der Waals surface area contributed by atoms with Gasteiger partial charge in [0.1, 0.15) is 0 Å². The minimum atomic E-state index is -0.162. The van der Waals surface area contributed by atoms with Crippen LogP contribution in [0.5, 0.6) is 0 Å². The van der Waals surface area contributed by atoms with Crippen molar-refractivity contribution in [3.05, 3.63) is 24.2 Å². The van der Waals surface area contributed by atoms with Crippen molar-refractivity contribution in [3.8, 4) is 0 Å². The minimum Gasteiger partial charge on any atom is -0.472 e. The van der Waals surface area contributed by atoms with Crippen molar-refractivity contribution in [3.63, 3.8) is 0 Å². The van der Waals surface area contributed by atoms with Crippen molar-refractivity contribution in [2.75, 3.05) is 13.6 Å². The number of furan rings is 1. The number of carbonyl (C=O) groups excluding carboxylic acids is 1. The van der Waals surface area contributed by atoms with Gasteiger partial charge in [0.2, 0.25) is 5.91 Å². The van der Waals surface area contributed by atoms with Gasteiger partial charge in [-0.25, -0.2) is 0 Å². The minimum absolute atomic E-state index is 0.112. The maximum absolute atomic E-state index is 11.7. The molecule has 1 atom stereocenters. The van der Waals surface area contributed by atoms with Gasteiger partial charge < -0.3 is 14.6 Å². The molecule has 0 saturated heterocycles. The predicted octanol–water partition coefficient (Wildman–Crippen LogP) is 1.24. The van der Waals surface area contributed by atoms with E-state index in [0.717, 1.165) is 12.1 Å². The van der Waals surface area contributed by atoms with Gasteiger partial charge in [0.05, 0.1) is 18.6 Å². The van der Waals surface area contributed by atoms with E-state index in [4.69, 9.17) is 4.42 Å². The summed E-state index contributed by atoms with van der Waals surface area (Å²) in [6, 6.07) is 1.72. The molecule has 84 valence electrons. The molecule has 15 heavy (non-hydrogen) atoms. The lowest BCUT2D eigenvalue weighted by molar-refractivity contribution is -0.131. The predicted molar refractivity (Wildman–Crippen MR) is 58.3 cm³/mol. The lowest BCUT2D eigenvalue weighted by Crippen LogP contribution is -2.42. The summed E-state index contributed by atoms with van der Waals surface area (Å²) in [5.41, 5.74) is 1.05. The molecule has 0 fully saturated rings. The topological polar surface area (TPSA) is 45.5 Å². The van der Waals surface area contributed by atoms with Crippen LogP contribution in [0.15, 0.2) is 23.0 Å². The Morgan fingerprint density at radius 2 is 2.40 bits per heavy atom. The zero-order valence-electron chi connectivity index (χ0n) is 9.49. The monoisotopic (exact) mass is 210 g/mol. The first kappa shape index (κ1) is 11.8. The fourth-order valence-corrected chi connectivity index (χ4v) is 1.24. The maximum atomic E-state index is 11.7. The number of hydrogen-bond donors (Lipinski definition) is 1. The number of amides is 1. The van der Waals surface area contributed by atoms with Gasteiger partial charge in [-0.3, -0.25) is 4.79 Å². The van der Waals surface area contributed by atoms with Crippen LogP contribution in [-0.2, 0) is 11.3 Å². The van der Waals surface area contributed by atoms with Crippen LogP contribution in [0.25, 0.3) is 0 Å². The Labute approximate surface area is 90.3 Å². The molecule has 1 aromatic rings. The van der Waals surface area contributed by atoms with E-state index in [-0.39, 0.29) is 11.9 Å². The number of carbonyl (C=O) groups is 1. The highest BCUT2D eigenvalue weighted by Gasteiger charge is 2.15. The average molecular weight is 210 g/mol. The summed E-state index contributed by atoms with van der Waals surface area (Å²) in [4.78, 5) is 13.4. The highest BCUT2D eigenvalue weighted by atomic mass is 16.3. The van der Waals surface area contributed by atoms with Gasteiger partial charge in [-0.05, 0) is 19.9 Å². The molecule has 4 heteroatoms. The molecule has 4 nitrogen and oxygen atoms in total. The number of nitrogens with one attached hydrogen (secondary N) is 1. The van der Waals surface area contributed by atoms with Crippen LogP contribution in [0.2, 0.25) is 0 Å². The normalized spacial score (nSPS) is 12.5. The van der Waals surface area contributed by atoms with Gasteiger partial charge in [0.25, 0.3) is 0 Å². The van der Waals surface area contributed by atoms with Crippen molar-refractivity contribution in [1.82, 2.24) is 10.2 Å². The standard InChI is InChI=1S/C11H18N2O2/c1-4-13(3)11(14)9(2)12-7-10-5-6-15-8-10/h5-6,8-9,12H,4,7H2,1-3H3. The Hall–Kier alpha value is -1.29. The summed E-state index contributed by atoms with van der Waals surface area (Å²) in [5, 5.41) is 3.15. The number of likely N-dealkylation sites (N-methyl/N-ethyl adjacent to an activating group) is 1. The molecular weight excluding hydrogens is 192 g/mol. The van der Waals surface area contributed by atoms with E-state index in [2.05, 4.69) is 5.32 Å². The molecule has 1 N–H and O–H groups in total. The second kappa shape index (κ2) is 5.56. The number of nitrogens with zero attached hydrogens (tertiary/aromatic N) is 1. The van der Waals surface area contributed by atoms with Crippen LogP contribution in [-0.4, -0.2) is 30.4 Å². The van der Waals surface area contributed by atoms with E-state index in [1.165, 1.54) is 0 Å². The Balaban J connectivity index is 2.35. The third kappa shape index (κ3) is 3.40. The Morgan fingerprint density at radius 3 is 2.93 bits per heavy atom. The van der Waals surface area contributed by atoms with Gasteiger partial charge in [-0.15, -0.1) is 0 Å². The van der Waals surface area contributed by atoms with Crippen LogP contribution in [0.1, 0.15) is 19.4 Å². The molecule has 0 aliphatic carbocycles. The Bertz CT molecular complexity index is 296. The van der Waals surface area contributed by atoms with Gasteiger partial charge in [-0.2, -0.15) is 0 Å². The maximum Gasteiger partial charge on any atom is 0.239 e. The molecule has 1 amide bonds. The first-order chi connectivity index (χ1) is 7.15. The van der Waals surface area contributed by atoms with Crippen LogP contribution in [0.3, 0.4) is 0 Å². The Morgan fingerprint density at radius 1 is 1.67 bits per heavy atom. The van der Waals surface area contributed by atoms with Crippen molar-refractivity contribution in [2.24, 2.45) is 0 Å². The fraction of sp³-hybridized carbons (Fsp3) is 0.545. The smallest absolute Gasteiger partial charge is 0.239 e. The quantitative estimate of drug-likeness (QED) is 0.795. The zero-order chi connectivity index (χ0) is 11.3. The lowest BCUT2D eigenvalue weighted by atomic mass is 10.2. The van der Waals surface area contributed by atoms with Crippen LogP contribution in [0.4, 0.5) is 0 Å². The summed E-state index contributed by atoms with van der Waals surface area (Å²) in [6.45, 7) is 5.22. The number of rotatable bonds is 5. The number of hydrogen-bond acceptors (Lipinski definition) is 3.